The van der Waals surface area contributed by atoms with E-state index in [1.54, 1.807) is 4.57 Å². The van der Waals surface area contributed by atoms with Crippen LogP contribution in [0.25, 0.3) is 5.69 Å². The fourth-order valence-corrected chi connectivity index (χ4v) is 1.65. The smallest absolute Gasteiger partial charge is 0.336 e. The van der Waals surface area contributed by atoms with Gasteiger partial charge in [-0.15, -0.1) is 0 Å². The maximum Gasteiger partial charge on any atom is 0.336 e. The van der Waals surface area contributed by atoms with Gasteiger partial charge in [0.1, 0.15) is 5.75 Å². The van der Waals surface area contributed by atoms with Crippen molar-refractivity contribution in [3.63, 3.8) is 0 Å². The Morgan fingerprint density at radius 1 is 0.895 bits per heavy atom. The van der Waals surface area contributed by atoms with E-state index in [2.05, 4.69) is 0 Å². The van der Waals surface area contributed by atoms with E-state index in [4.69, 9.17) is 10.2 Å². The van der Waals surface area contributed by atoms with E-state index in [0.29, 0.717) is 5.69 Å². The fraction of sp³-hybridized carbons (Fsp3) is 0. The summed E-state index contributed by atoms with van der Waals surface area (Å²) in [4.78, 5) is 22.0. The van der Waals surface area contributed by atoms with Crippen LogP contribution < -0.4 is 4.57 Å². The molecule has 2 rings (SSSR count). The van der Waals surface area contributed by atoms with E-state index in [1.807, 2.05) is 0 Å². The fourth-order valence-electron chi connectivity index (χ4n) is 1.65. The van der Waals surface area contributed by atoms with Gasteiger partial charge in [-0.1, -0.05) is 0 Å². The molecule has 0 saturated carbocycles. The number of hydrogen-bond donors (Lipinski definition) is 3. The summed E-state index contributed by atoms with van der Waals surface area (Å²) >= 11 is 0. The van der Waals surface area contributed by atoms with Crippen molar-refractivity contribution in [3.05, 3.63) is 53.9 Å². The van der Waals surface area contributed by atoms with Crippen LogP contribution in [0.4, 0.5) is 0 Å². The topological polar surface area (TPSA) is 98.7 Å². The standard InChI is InChI=1S/C13H9NO5/c15-9-3-5-14(6-4-9)8-1-2-10(12(16)17)11(7-8)13(18)19/h1-7H,(H2,16,17,18,19)/p+1. The third-order valence-electron chi connectivity index (χ3n) is 2.57. The molecule has 6 heteroatoms. The summed E-state index contributed by atoms with van der Waals surface area (Å²) < 4.78 is 1.57. The number of rotatable bonds is 3. The largest absolute Gasteiger partial charge is 0.507 e. The number of aromatic hydroxyl groups is 1. The Kier molecular flexibility index (Phi) is 3.15. The third kappa shape index (κ3) is 2.52. The van der Waals surface area contributed by atoms with E-state index in [1.165, 1.54) is 42.7 Å². The van der Waals surface area contributed by atoms with Crippen molar-refractivity contribution >= 4 is 11.9 Å². The molecule has 0 unspecified atom stereocenters. The highest BCUT2D eigenvalue weighted by Gasteiger charge is 2.19. The van der Waals surface area contributed by atoms with Gasteiger partial charge in [0.2, 0.25) is 5.69 Å². The van der Waals surface area contributed by atoms with Gasteiger partial charge in [-0.2, -0.15) is 4.57 Å². The van der Waals surface area contributed by atoms with Gasteiger partial charge < -0.3 is 15.3 Å². The van der Waals surface area contributed by atoms with Crippen molar-refractivity contribution in [2.45, 2.75) is 0 Å². The van der Waals surface area contributed by atoms with Gasteiger partial charge >= 0.3 is 11.9 Å². The average molecular weight is 260 g/mol. The van der Waals surface area contributed by atoms with Gasteiger partial charge in [0.25, 0.3) is 0 Å². The first-order valence-electron chi connectivity index (χ1n) is 5.30. The molecule has 0 fully saturated rings. The zero-order chi connectivity index (χ0) is 14.0. The number of nitrogens with zero attached hydrogens (tertiary/aromatic N) is 1. The molecule has 19 heavy (non-hydrogen) atoms. The van der Waals surface area contributed by atoms with Crippen LogP contribution in [0.2, 0.25) is 0 Å². The molecule has 2 aromatic rings. The maximum absolute atomic E-state index is 11.1. The molecule has 6 nitrogen and oxygen atoms in total. The number of hydrogen-bond acceptors (Lipinski definition) is 3. The molecular formula is C13H10NO5+. The van der Waals surface area contributed by atoms with Crippen LogP contribution >= 0.6 is 0 Å². The lowest BCUT2D eigenvalue weighted by Gasteiger charge is -2.02. The Morgan fingerprint density at radius 3 is 2.00 bits per heavy atom. The van der Waals surface area contributed by atoms with Crippen molar-refractivity contribution in [2.75, 3.05) is 0 Å². The van der Waals surface area contributed by atoms with Crippen molar-refractivity contribution < 1.29 is 29.5 Å². The molecule has 96 valence electrons. The van der Waals surface area contributed by atoms with Crippen molar-refractivity contribution in [2.24, 2.45) is 0 Å². The predicted molar refractivity (Wildman–Crippen MR) is 63.6 cm³/mol. The Labute approximate surface area is 107 Å². The minimum absolute atomic E-state index is 0.0804. The highest BCUT2D eigenvalue weighted by molar-refractivity contribution is 6.02. The number of aromatic nitrogens is 1. The van der Waals surface area contributed by atoms with Crippen LogP contribution in [0.3, 0.4) is 0 Å². The number of benzene rings is 1. The quantitative estimate of drug-likeness (QED) is 0.717. The first kappa shape index (κ1) is 12.6. The van der Waals surface area contributed by atoms with Crippen LogP contribution in [-0.2, 0) is 0 Å². The van der Waals surface area contributed by atoms with Gasteiger partial charge in [0, 0.05) is 24.3 Å². The van der Waals surface area contributed by atoms with Crippen molar-refractivity contribution in [3.8, 4) is 11.4 Å². The number of pyridine rings is 1. The second-order valence-corrected chi connectivity index (χ2v) is 3.80. The van der Waals surface area contributed by atoms with E-state index in [9.17, 15) is 14.7 Å². The zero-order valence-electron chi connectivity index (χ0n) is 9.65. The minimum atomic E-state index is -1.31. The molecule has 0 atom stereocenters. The van der Waals surface area contributed by atoms with Crippen LogP contribution in [0.15, 0.2) is 42.7 Å². The van der Waals surface area contributed by atoms with Crippen molar-refractivity contribution in [1.29, 1.82) is 0 Å². The molecule has 1 aromatic carbocycles. The third-order valence-corrected chi connectivity index (χ3v) is 2.57. The van der Waals surface area contributed by atoms with Crippen LogP contribution in [0.1, 0.15) is 20.7 Å². The van der Waals surface area contributed by atoms with Crippen LogP contribution in [0.5, 0.6) is 5.75 Å². The van der Waals surface area contributed by atoms with E-state index in [0.717, 1.165) is 0 Å². The van der Waals surface area contributed by atoms with Crippen molar-refractivity contribution in [1.82, 2.24) is 0 Å². The molecule has 0 aliphatic heterocycles. The molecule has 1 heterocycles. The summed E-state index contributed by atoms with van der Waals surface area (Å²) in [7, 11) is 0. The number of carboxylic acid groups (broad SMARTS) is 2. The summed E-state index contributed by atoms with van der Waals surface area (Å²) in [6, 6.07) is 6.87. The molecule has 0 amide bonds. The molecule has 0 spiro atoms. The first-order valence-corrected chi connectivity index (χ1v) is 5.30. The van der Waals surface area contributed by atoms with E-state index >= 15 is 0 Å². The number of aromatic carboxylic acids is 2. The monoisotopic (exact) mass is 260 g/mol. The maximum atomic E-state index is 11.1. The molecular weight excluding hydrogens is 250 g/mol. The molecule has 0 bridgehead atoms. The molecule has 0 radical (unpaired) electrons. The summed E-state index contributed by atoms with van der Waals surface area (Å²) in [6.45, 7) is 0. The highest BCUT2D eigenvalue weighted by Crippen LogP contribution is 2.13. The van der Waals surface area contributed by atoms with Crippen LogP contribution in [-0.4, -0.2) is 27.3 Å². The Bertz CT molecular complexity index is 649. The first-order chi connectivity index (χ1) is 8.99. The number of carboxylic acids is 2. The Balaban J connectivity index is 2.55. The van der Waals surface area contributed by atoms with Gasteiger partial charge in [-0.3, -0.25) is 0 Å². The summed E-state index contributed by atoms with van der Waals surface area (Å²) in [5, 5.41) is 27.1. The minimum Gasteiger partial charge on any atom is -0.507 e. The summed E-state index contributed by atoms with van der Waals surface area (Å²) in [5.74, 6) is -2.52. The lowest BCUT2D eigenvalue weighted by atomic mass is 10.1. The zero-order valence-corrected chi connectivity index (χ0v) is 9.65. The molecule has 1 aromatic heterocycles. The molecule has 3 N–H and O–H groups in total. The Hall–Kier alpha value is -2.89. The summed E-state index contributed by atoms with van der Waals surface area (Å²) in [6.07, 6.45) is 3.08. The Morgan fingerprint density at radius 2 is 1.47 bits per heavy atom. The van der Waals surface area contributed by atoms with Gasteiger partial charge in [-0.25, -0.2) is 9.59 Å². The van der Waals surface area contributed by atoms with Gasteiger partial charge in [-0.05, 0) is 6.07 Å². The summed E-state index contributed by atoms with van der Waals surface area (Å²) in [5.41, 5.74) is -0.0661. The SMILES string of the molecule is O=C(O)c1ccc(-[n+]2ccc(O)cc2)cc1C(=O)O. The second-order valence-electron chi connectivity index (χ2n) is 3.80. The highest BCUT2D eigenvalue weighted by atomic mass is 16.4. The molecule has 0 aliphatic carbocycles. The predicted octanol–water partition coefficient (Wildman–Crippen LogP) is 1.07. The van der Waals surface area contributed by atoms with E-state index in [-0.39, 0.29) is 16.9 Å². The van der Waals surface area contributed by atoms with E-state index < -0.39 is 11.9 Å². The van der Waals surface area contributed by atoms with Gasteiger partial charge in [0.05, 0.1) is 11.1 Å². The number of carbonyl (C=O) groups is 2. The lowest BCUT2D eigenvalue weighted by Crippen LogP contribution is -2.29. The van der Waals surface area contributed by atoms with Gasteiger partial charge in [0.15, 0.2) is 12.4 Å². The average Bonchev–Trinajstić information content (AvgIpc) is 2.38. The molecule has 0 saturated heterocycles. The normalized spacial score (nSPS) is 10.1. The lowest BCUT2D eigenvalue weighted by molar-refractivity contribution is -0.595. The van der Waals surface area contributed by atoms with Crippen LogP contribution in [0, 0.1) is 0 Å². The second kappa shape index (κ2) is 4.77. The molecule has 0 aliphatic rings.